The zero-order valence-electron chi connectivity index (χ0n) is 22.6. The molecule has 0 aliphatic heterocycles. The van der Waals surface area contributed by atoms with E-state index >= 15 is 0 Å². The Morgan fingerprint density at radius 1 is 0.475 bits per heavy atom. The standard InChI is InChI=1S/C31H37N3O6/c35-29(32-38-22-26-10-4-1-5-11-26)19-16-25(17-20-30(36)33-39-23-27-12-6-2-7-13-27)18-21-31(37)34-40-24-28-14-8-3-9-15-28/h1-15,25H,16-24H2,(H,32,35)(H,33,36)(H,34,37). The summed E-state index contributed by atoms with van der Waals surface area (Å²) in [5, 5.41) is 0. The Kier molecular flexibility index (Phi) is 13.9. The minimum absolute atomic E-state index is 0.0420. The van der Waals surface area contributed by atoms with Gasteiger partial charge in [-0.15, -0.1) is 0 Å². The molecule has 0 aliphatic rings. The third-order valence-corrected chi connectivity index (χ3v) is 6.14. The second-order valence-electron chi connectivity index (χ2n) is 9.38. The number of benzene rings is 3. The van der Waals surface area contributed by atoms with Gasteiger partial charge in [0.2, 0.25) is 17.7 Å². The number of hydrogen-bond acceptors (Lipinski definition) is 6. The van der Waals surface area contributed by atoms with Crippen LogP contribution in [0.4, 0.5) is 0 Å². The highest BCUT2D eigenvalue weighted by Gasteiger charge is 2.16. The molecule has 3 N–H and O–H groups in total. The molecule has 0 radical (unpaired) electrons. The van der Waals surface area contributed by atoms with Crippen molar-refractivity contribution in [3.63, 3.8) is 0 Å². The van der Waals surface area contributed by atoms with E-state index in [1.54, 1.807) is 0 Å². The second-order valence-corrected chi connectivity index (χ2v) is 9.38. The molecular weight excluding hydrogens is 510 g/mol. The van der Waals surface area contributed by atoms with Gasteiger partial charge in [0.1, 0.15) is 0 Å². The minimum Gasteiger partial charge on any atom is -0.273 e. The van der Waals surface area contributed by atoms with Crippen molar-refractivity contribution in [2.45, 2.75) is 58.3 Å². The van der Waals surface area contributed by atoms with Crippen LogP contribution in [0.2, 0.25) is 0 Å². The maximum absolute atomic E-state index is 12.3. The van der Waals surface area contributed by atoms with Gasteiger partial charge in [-0.3, -0.25) is 28.9 Å². The van der Waals surface area contributed by atoms with Crippen LogP contribution in [-0.4, -0.2) is 17.7 Å². The fraction of sp³-hybridized carbons (Fsp3) is 0.323. The van der Waals surface area contributed by atoms with Gasteiger partial charge >= 0.3 is 0 Å². The lowest BCUT2D eigenvalue weighted by Crippen LogP contribution is -2.26. The molecular formula is C31H37N3O6. The summed E-state index contributed by atoms with van der Waals surface area (Å²) in [6.45, 7) is 0.799. The molecule has 0 saturated carbocycles. The van der Waals surface area contributed by atoms with Crippen LogP contribution in [0.5, 0.6) is 0 Å². The summed E-state index contributed by atoms with van der Waals surface area (Å²) in [6.07, 6.45) is 2.11. The predicted molar refractivity (Wildman–Crippen MR) is 149 cm³/mol. The molecule has 0 aromatic heterocycles. The summed E-state index contributed by atoms with van der Waals surface area (Å²) >= 11 is 0. The average Bonchev–Trinajstić information content (AvgIpc) is 2.98. The molecule has 0 bridgehead atoms. The zero-order valence-corrected chi connectivity index (χ0v) is 22.6. The maximum atomic E-state index is 12.3. The molecule has 0 heterocycles. The summed E-state index contributed by atoms with van der Waals surface area (Å²) in [4.78, 5) is 52.9. The predicted octanol–water partition coefficient (Wildman–Crippen LogP) is 4.69. The largest absolute Gasteiger partial charge is 0.273 e. The van der Waals surface area contributed by atoms with Crippen LogP contribution in [0.1, 0.15) is 55.2 Å². The van der Waals surface area contributed by atoms with Gasteiger partial charge in [-0.1, -0.05) is 91.0 Å². The number of hydroxylamine groups is 3. The minimum atomic E-state index is -0.257. The maximum Gasteiger partial charge on any atom is 0.243 e. The van der Waals surface area contributed by atoms with Crippen LogP contribution < -0.4 is 16.4 Å². The van der Waals surface area contributed by atoms with Crippen molar-refractivity contribution in [1.29, 1.82) is 0 Å². The molecule has 3 rings (SSSR count). The van der Waals surface area contributed by atoms with Gasteiger partial charge in [-0.05, 0) is 41.9 Å². The second kappa shape index (κ2) is 18.3. The lowest BCUT2D eigenvalue weighted by molar-refractivity contribution is -0.134. The smallest absolute Gasteiger partial charge is 0.243 e. The summed E-state index contributed by atoms with van der Waals surface area (Å²) in [5.74, 6) is -0.814. The van der Waals surface area contributed by atoms with E-state index in [4.69, 9.17) is 14.5 Å². The third-order valence-electron chi connectivity index (χ3n) is 6.14. The van der Waals surface area contributed by atoms with Crippen molar-refractivity contribution < 1.29 is 28.9 Å². The van der Waals surface area contributed by atoms with E-state index in [9.17, 15) is 14.4 Å². The Morgan fingerprint density at radius 3 is 1.02 bits per heavy atom. The zero-order chi connectivity index (χ0) is 28.3. The lowest BCUT2D eigenvalue weighted by Gasteiger charge is -2.17. The van der Waals surface area contributed by atoms with Crippen LogP contribution in [0.15, 0.2) is 91.0 Å². The first-order valence-corrected chi connectivity index (χ1v) is 13.4. The van der Waals surface area contributed by atoms with Gasteiger partial charge in [-0.25, -0.2) is 16.4 Å². The fourth-order valence-electron chi connectivity index (χ4n) is 3.91. The van der Waals surface area contributed by atoms with Crippen LogP contribution in [0.3, 0.4) is 0 Å². The molecule has 212 valence electrons. The Labute approximate surface area is 235 Å². The highest BCUT2D eigenvalue weighted by atomic mass is 16.7. The number of nitrogens with one attached hydrogen (secondary N) is 3. The third kappa shape index (κ3) is 13.1. The molecule has 3 aromatic carbocycles. The summed E-state index contributed by atoms with van der Waals surface area (Å²) in [7, 11) is 0. The van der Waals surface area contributed by atoms with E-state index < -0.39 is 0 Å². The number of hydrogen-bond donors (Lipinski definition) is 3. The van der Waals surface area contributed by atoms with Crippen LogP contribution in [0, 0.1) is 5.92 Å². The first kappa shape index (κ1) is 30.5. The number of carbonyl (C=O) groups excluding carboxylic acids is 3. The Balaban J connectivity index is 1.39. The lowest BCUT2D eigenvalue weighted by atomic mass is 9.92. The van der Waals surface area contributed by atoms with Gasteiger partial charge in [0.25, 0.3) is 0 Å². The topological polar surface area (TPSA) is 115 Å². The van der Waals surface area contributed by atoms with E-state index in [0.717, 1.165) is 16.7 Å². The normalized spacial score (nSPS) is 10.7. The van der Waals surface area contributed by atoms with Gasteiger partial charge < -0.3 is 0 Å². The van der Waals surface area contributed by atoms with Crippen molar-refractivity contribution in [3.8, 4) is 0 Å². The van der Waals surface area contributed by atoms with E-state index in [-0.39, 0.29) is 62.7 Å². The molecule has 40 heavy (non-hydrogen) atoms. The van der Waals surface area contributed by atoms with E-state index in [2.05, 4.69) is 16.4 Å². The molecule has 0 spiro atoms. The average molecular weight is 548 g/mol. The Morgan fingerprint density at radius 2 is 0.750 bits per heavy atom. The van der Waals surface area contributed by atoms with Crippen molar-refractivity contribution in [3.05, 3.63) is 108 Å². The molecule has 3 aromatic rings. The molecule has 0 atom stereocenters. The van der Waals surface area contributed by atoms with Gasteiger partial charge in [0.15, 0.2) is 0 Å². The Hall–Kier alpha value is -4.05. The summed E-state index contributed by atoms with van der Waals surface area (Å²) in [6, 6.07) is 28.6. The molecule has 0 fully saturated rings. The van der Waals surface area contributed by atoms with E-state index in [1.165, 1.54) is 0 Å². The van der Waals surface area contributed by atoms with Crippen molar-refractivity contribution in [2.75, 3.05) is 0 Å². The first-order valence-electron chi connectivity index (χ1n) is 13.4. The molecule has 0 unspecified atom stereocenters. The summed E-state index contributed by atoms with van der Waals surface area (Å²) < 4.78 is 0. The summed E-state index contributed by atoms with van der Waals surface area (Å²) in [5.41, 5.74) is 10.2. The first-order chi connectivity index (χ1) is 19.6. The molecule has 0 aliphatic carbocycles. The Bertz CT molecular complexity index is 999. The van der Waals surface area contributed by atoms with E-state index in [1.807, 2.05) is 91.0 Å². The van der Waals surface area contributed by atoms with Crippen LogP contribution >= 0.6 is 0 Å². The van der Waals surface area contributed by atoms with E-state index in [0.29, 0.717) is 19.3 Å². The molecule has 0 saturated heterocycles. The van der Waals surface area contributed by atoms with Crippen molar-refractivity contribution >= 4 is 17.7 Å². The van der Waals surface area contributed by atoms with Crippen LogP contribution in [-0.2, 0) is 48.7 Å². The fourth-order valence-corrected chi connectivity index (χ4v) is 3.91. The van der Waals surface area contributed by atoms with Crippen LogP contribution in [0.25, 0.3) is 0 Å². The molecule has 3 amide bonds. The van der Waals surface area contributed by atoms with Gasteiger partial charge in [-0.2, -0.15) is 0 Å². The highest BCUT2D eigenvalue weighted by Crippen LogP contribution is 2.20. The quantitative estimate of drug-likeness (QED) is 0.199. The van der Waals surface area contributed by atoms with Crippen molar-refractivity contribution in [2.24, 2.45) is 5.92 Å². The molecule has 9 nitrogen and oxygen atoms in total. The van der Waals surface area contributed by atoms with Crippen molar-refractivity contribution in [1.82, 2.24) is 16.4 Å². The molecule has 9 heteroatoms. The number of carbonyl (C=O) groups is 3. The number of amides is 3. The van der Waals surface area contributed by atoms with Gasteiger partial charge in [0, 0.05) is 19.3 Å². The van der Waals surface area contributed by atoms with Gasteiger partial charge in [0.05, 0.1) is 19.8 Å². The SMILES string of the molecule is O=C(CCC(CCC(=O)NOCc1ccccc1)CCC(=O)NOCc1ccccc1)NOCc1ccccc1. The number of rotatable bonds is 18. The highest BCUT2D eigenvalue weighted by molar-refractivity contribution is 5.76. The monoisotopic (exact) mass is 547 g/mol.